The van der Waals surface area contributed by atoms with Crippen molar-refractivity contribution in [3.05, 3.63) is 62.7 Å². The third kappa shape index (κ3) is 3.47. The summed E-state index contributed by atoms with van der Waals surface area (Å²) in [5, 5.41) is 19.6. The first kappa shape index (κ1) is 18.5. The predicted molar refractivity (Wildman–Crippen MR) is 109 cm³/mol. The zero-order valence-electron chi connectivity index (χ0n) is 14.7. The van der Waals surface area contributed by atoms with Crippen molar-refractivity contribution in [1.29, 1.82) is 5.26 Å². The summed E-state index contributed by atoms with van der Waals surface area (Å²) in [6.45, 7) is 0. The van der Waals surface area contributed by atoms with Gasteiger partial charge in [0.1, 0.15) is 22.6 Å². The first-order valence-corrected chi connectivity index (χ1v) is 9.98. The third-order valence-corrected chi connectivity index (χ3v) is 6.21. The van der Waals surface area contributed by atoms with Crippen molar-refractivity contribution in [3.8, 4) is 17.4 Å². The molecule has 3 aromatic rings. The second-order valence-corrected chi connectivity index (χ2v) is 7.95. The van der Waals surface area contributed by atoms with E-state index in [1.54, 1.807) is 35.8 Å². The van der Waals surface area contributed by atoms with Gasteiger partial charge in [-0.2, -0.15) is 5.26 Å². The highest BCUT2D eigenvalue weighted by Gasteiger charge is 2.20. The zero-order chi connectivity index (χ0) is 19.7. The number of nitriles is 1. The van der Waals surface area contributed by atoms with Crippen LogP contribution < -0.4 is 0 Å². The molecule has 1 aromatic carbocycles. The lowest BCUT2D eigenvalue weighted by atomic mass is 9.96. The molecule has 0 spiro atoms. The largest absolute Gasteiger partial charge is 0.478 e. The minimum Gasteiger partial charge on any atom is -0.478 e. The number of halogens is 1. The Morgan fingerprint density at radius 2 is 2.11 bits per heavy atom. The van der Waals surface area contributed by atoms with Crippen molar-refractivity contribution in [1.82, 2.24) is 0 Å². The van der Waals surface area contributed by atoms with E-state index in [1.807, 2.05) is 0 Å². The second kappa shape index (κ2) is 7.63. The SMILES string of the molecule is N#Cc1c(/N=C/c2ccc(-c3ccc(Cl)c(C(=O)O)c3)o2)sc2c1CCCC2. The Balaban J connectivity index is 1.61. The average molecular weight is 411 g/mol. The van der Waals surface area contributed by atoms with Gasteiger partial charge in [0.15, 0.2) is 0 Å². The maximum atomic E-state index is 11.3. The van der Waals surface area contributed by atoms with Gasteiger partial charge in [0.2, 0.25) is 0 Å². The molecule has 140 valence electrons. The number of aryl methyl sites for hydroxylation is 1. The maximum Gasteiger partial charge on any atom is 0.337 e. The molecule has 0 fully saturated rings. The van der Waals surface area contributed by atoms with Crippen molar-refractivity contribution in [3.63, 3.8) is 0 Å². The number of aliphatic imine (C=N–C) groups is 1. The standard InChI is InChI=1S/C21H15ClN2O3S/c22-17-7-5-12(9-15(17)21(25)26)18-8-6-13(27-18)11-24-20-16(10-23)14-3-1-2-4-19(14)28-20/h5-9,11H,1-4H2,(H,25,26)/b24-11+. The Morgan fingerprint density at radius 3 is 2.89 bits per heavy atom. The maximum absolute atomic E-state index is 11.3. The molecule has 0 bridgehead atoms. The third-order valence-electron chi connectivity index (χ3n) is 4.68. The van der Waals surface area contributed by atoms with Crippen LogP contribution in [0.15, 0.2) is 39.7 Å². The van der Waals surface area contributed by atoms with Crippen LogP contribution in [-0.2, 0) is 12.8 Å². The summed E-state index contributed by atoms with van der Waals surface area (Å²) in [5.74, 6) is -0.0467. The van der Waals surface area contributed by atoms with Gasteiger partial charge < -0.3 is 9.52 Å². The van der Waals surface area contributed by atoms with Crippen LogP contribution >= 0.6 is 22.9 Å². The molecule has 2 aromatic heterocycles. The number of aromatic carboxylic acids is 1. The van der Waals surface area contributed by atoms with Crippen molar-refractivity contribution < 1.29 is 14.3 Å². The lowest BCUT2D eigenvalue weighted by molar-refractivity contribution is 0.0697. The van der Waals surface area contributed by atoms with Crippen LogP contribution in [0.3, 0.4) is 0 Å². The first-order valence-electron chi connectivity index (χ1n) is 8.78. The smallest absolute Gasteiger partial charge is 0.337 e. The zero-order valence-corrected chi connectivity index (χ0v) is 16.3. The van der Waals surface area contributed by atoms with Crippen LogP contribution in [0.4, 0.5) is 5.00 Å². The van der Waals surface area contributed by atoms with Gasteiger partial charge in [0, 0.05) is 10.4 Å². The Morgan fingerprint density at radius 1 is 1.29 bits per heavy atom. The van der Waals surface area contributed by atoms with E-state index >= 15 is 0 Å². The number of thiophene rings is 1. The fraction of sp³-hybridized carbons (Fsp3) is 0.190. The fourth-order valence-electron chi connectivity index (χ4n) is 3.30. The van der Waals surface area contributed by atoms with E-state index in [2.05, 4.69) is 11.1 Å². The minimum absolute atomic E-state index is 0.0219. The molecule has 2 heterocycles. The molecule has 0 radical (unpaired) electrons. The quantitative estimate of drug-likeness (QED) is 0.545. The summed E-state index contributed by atoms with van der Waals surface area (Å²) in [4.78, 5) is 17.0. The van der Waals surface area contributed by atoms with Crippen LogP contribution in [0.25, 0.3) is 11.3 Å². The molecular weight excluding hydrogens is 396 g/mol. The van der Waals surface area contributed by atoms with E-state index in [4.69, 9.17) is 16.0 Å². The minimum atomic E-state index is -1.09. The van der Waals surface area contributed by atoms with E-state index < -0.39 is 5.97 Å². The molecule has 1 aliphatic carbocycles. The molecule has 0 saturated carbocycles. The van der Waals surface area contributed by atoms with Gasteiger partial charge in [-0.3, -0.25) is 0 Å². The number of benzene rings is 1. The van der Waals surface area contributed by atoms with Gasteiger partial charge in [0.05, 0.1) is 22.4 Å². The summed E-state index contributed by atoms with van der Waals surface area (Å²) < 4.78 is 5.78. The number of carboxylic acid groups (broad SMARTS) is 1. The summed E-state index contributed by atoms with van der Waals surface area (Å²) in [6, 6.07) is 10.5. The van der Waals surface area contributed by atoms with Crippen molar-refractivity contribution in [2.45, 2.75) is 25.7 Å². The van der Waals surface area contributed by atoms with E-state index in [0.29, 0.717) is 27.6 Å². The molecule has 0 amide bonds. The van der Waals surface area contributed by atoms with E-state index in [-0.39, 0.29) is 10.6 Å². The van der Waals surface area contributed by atoms with E-state index in [0.717, 1.165) is 31.2 Å². The van der Waals surface area contributed by atoms with E-state index in [9.17, 15) is 15.2 Å². The summed E-state index contributed by atoms with van der Waals surface area (Å²) in [7, 11) is 0. The summed E-state index contributed by atoms with van der Waals surface area (Å²) in [6.07, 6.45) is 5.82. The number of nitrogens with zero attached hydrogens (tertiary/aromatic N) is 2. The Hall–Kier alpha value is -2.88. The molecule has 0 saturated heterocycles. The van der Waals surface area contributed by atoms with Crippen molar-refractivity contribution in [2.24, 2.45) is 4.99 Å². The van der Waals surface area contributed by atoms with Gasteiger partial charge in [-0.15, -0.1) is 11.3 Å². The molecule has 5 nitrogen and oxygen atoms in total. The second-order valence-electron chi connectivity index (χ2n) is 6.46. The number of rotatable bonds is 4. The van der Waals surface area contributed by atoms with Gasteiger partial charge in [-0.05, 0) is 61.6 Å². The Kier molecular flexibility index (Phi) is 5.03. The monoisotopic (exact) mass is 410 g/mol. The number of furan rings is 1. The average Bonchev–Trinajstić information content (AvgIpc) is 3.30. The topological polar surface area (TPSA) is 86.6 Å². The number of fused-ring (bicyclic) bond motifs is 1. The van der Waals surface area contributed by atoms with Gasteiger partial charge >= 0.3 is 5.97 Å². The molecular formula is C21H15ClN2O3S. The van der Waals surface area contributed by atoms with E-state index in [1.165, 1.54) is 17.0 Å². The molecule has 4 rings (SSSR count). The first-order chi connectivity index (χ1) is 13.6. The summed E-state index contributed by atoms with van der Waals surface area (Å²) >= 11 is 7.49. The number of hydrogen-bond donors (Lipinski definition) is 1. The van der Waals surface area contributed by atoms with Crippen LogP contribution in [0.2, 0.25) is 5.02 Å². The number of carboxylic acids is 1. The normalized spacial score (nSPS) is 13.4. The van der Waals surface area contributed by atoms with Crippen LogP contribution in [0, 0.1) is 11.3 Å². The molecule has 0 atom stereocenters. The predicted octanol–water partition coefficient (Wildman–Crippen LogP) is 5.86. The van der Waals surface area contributed by atoms with Crippen LogP contribution in [0.1, 0.15) is 45.0 Å². The molecule has 1 N–H and O–H groups in total. The lowest BCUT2D eigenvalue weighted by Crippen LogP contribution is -1.99. The van der Waals surface area contributed by atoms with Crippen LogP contribution in [0.5, 0.6) is 0 Å². The Bertz CT molecular complexity index is 1140. The molecule has 7 heteroatoms. The lowest BCUT2D eigenvalue weighted by Gasteiger charge is -2.09. The fourth-order valence-corrected chi connectivity index (χ4v) is 4.68. The van der Waals surface area contributed by atoms with Gasteiger partial charge in [-0.1, -0.05) is 11.6 Å². The molecule has 0 unspecified atom stereocenters. The number of carbonyl (C=O) groups is 1. The van der Waals surface area contributed by atoms with Gasteiger partial charge in [0.25, 0.3) is 0 Å². The van der Waals surface area contributed by atoms with Crippen molar-refractivity contribution >= 4 is 40.1 Å². The number of hydrogen-bond acceptors (Lipinski definition) is 5. The molecule has 0 aliphatic heterocycles. The highest BCUT2D eigenvalue weighted by atomic mass is 35.5. The van der Waals surface area contributed by atoms with Crippen molar-refractivity contribution in [2.75, 3.05) is 0 Å². The van der Waals surface area contributed by atoms with Crippen LogP contribution in [-0.4, -0.2) is 17.3 Å². The van der Waals surface area contributed by atoms with Gasteiger partial charge in [-0.25, -0.2) is 9.79 Å². The molecule has 28 heavy (non-hydrogen) atoms. The molecule has 1 aliphatic rings. The summed E-state index contributed by atoms with van der Waals surface area (Å²) in [5.41, 5.74) is 2.46. The highest BCUT2D eigenvalue weighted by molar-refractivity contribution is 7.16. The Labute approximate surface area is 170 Å². The highest BCUT2D eigenvalue weighted by Crippen LogP contribution is 2.39.